The minimum absolute atomic E-state index is 0.0284. The van der Waals surface area contributed by atoms with E-state index in [9.17, 15) is 18.0 Å². The Morgan fingerprint density at radius 1 is 1.00 bits per heavy atom. The number of rotatable bonds is 11. The third-order valence-corrected chi connectivity index (χ3v) is 6.69. The Kier molecular flexibility index (Phi) is 9.46. The van der Waals surface area contributed by atoms with E-state index in [1.165, 1.54) is 4.90 Å². The normalized spacial score (nSPS) is 13.1. The van der Waals surface area contributed by atoms with E-state index in [1.54, 1.807) is 30.3 Å². The Hall–Kier alpha value is -2.87. The van der Waals surface area contributed by atoms with Gasteiger partial charge >= 0.3 is 0 Å². The number of para-hydroxylation sites is 1. The molecule has 0 aliphatic heterocycles. The first kappa shape index (κ1) is 26.4. The number of aryl methyl sites for hydroxylation is 1. The van der Waals surface area contributed by atoms with Crippen molar-refractivity contribution in [1.82, 2.24) is 10.2 Å². The van der Waals surface area contributed by atoms with Gasteiger partial charge in [-0.15, -0.1) is 0 Å². The summed E-state index contributed by atoms with van der Waals surface area (Å²) < 4.78 is 26.1. The van der Waals surface area contributed by atoms with E-state index in [1.807, 2.05) is 52.0 Å². The molecule has 0 bridgehead atoms. The van der Waals surface area contributed by atoms with Gasteiger partial charge in [0.2, 0.25) is 21.8 Å². The van der Waals surface area contributed by atoms with Crippen LogP contribution in [0.2, 0.25) is 0 Å². The predicted octanol–water partition coefficient (Wildman–Crippen LogP) is 3.48. The fraction of sp³-hybridized carbons (Fsp3) is 0.440. The van der Waals surface area contributed by atoms with Gasteiger partial charge in [-0.1, -0.05) is 61.9 Å². The van der Waals surface area contributed by atoms with E-state index in [-0.39, 0.29) is 25.0 Å². The highest BCUT2D eigenvalue weighted by Gasteiger charge is 2.32. The van der Waals surface area contributed by atoms with Crippen LogP contribution in [0.4, 0.5) is 5.69 Å². The highest BCUT2D eigenvalue weighted by Crippen LogP contribution is 2.19. The average molecular weight is 474 g/mol. The van der Waals surface area contributed by atoms with Gasteiger partial charge in [-0.05, 0) is 44.4 Å². The molecule has 0 spiro atoms. The molecule has 2 aromatic carbocycles. The number of anilines is 1. The van der Waals surface area contributed by atoms with Crippen molar-refractivity contribution in [2.24, 2.45) is 0 Å². The van der Waals surface area contributed by atoms with Gasteiger partial charge in [0, 0.05) is 12.6 Å². The van der Waals surface area contributed by atoms with Gasteiger partial charge in [-0.25, -0.2) is 8.42 Å². The summed E-state index contributed by atoms with van der Waals surface area (Å²) in [7, 11) is -3.72. The molecule has 0 aliphatic carbocycles. The second-order valence-corrected chi connectivity index (χ2v) is 10.3. The van der Waals surface area contributed by atoms with E-state index in [2.05, 4.69) is 5.32 Å². The molecule has 2 atom stereocenters. The molecule has 8 heteroatoms. The molecule has 2 rings (SSSR count). The first-order valence-corrected chi connectivity index (χ1v) is 13.1. The number of nitrogens with zero attached hydrogens (tertiary/aromatic N) is 2. The monoisotopic (exact) mass is 473 g/mol. The lowest BCUT2D eigenvalue weighted by Gasteiger charge is -2.33. The number of carbonyl (C=O) groups excluding carboxylic acids is 2. The average Bonchev–Trinajstić information content (AvgIpc) is 2.76. The minimum Gasteiger partial charge on any atom is -0.352 e. The van der Waals surface area contributed by atoms with E-state index >= 15 is 0 Å². The zero-order valence-electron chi connectivity index (χ0n) is 20.1. The van der Waals surface area contributed by atoms with Crippen LogP contribution >= 0.6 is 0 Å². The van der Waals surface area contributed by atoms with Gasteiger partial charge in [0.05, 0.1) is 11.9 Å². The van der Waals surface area contributed by atoms with Crippen molar-refractivity contribution in [3.05, 3.63) is 65.7 Å². The molecule has 0 radical (unpaired) electrons. The lowest BCUT2D eigenvalue weighted by molar-refractivity contribution is -0.140. The molecular weight excluding hydrogens is 438 g/mol. The molecule has 2 amide bonds. The third kappa shape index (κ3) is 7.60. The predicted molar refractivity (Wildman–Crippen MR) is 132 cm³/mol. The third-order valence-electron chi connectivity index (χ3n) is 5.55. The SMILES string of the molecule is CC[C@@H](C)NC(=O)[C@H](CC)N(Cc1cccc(C)c1)C(=O)CN(c1ccccc1)S(C)(=O)=O. The van der Waals surface area contributed by atoms with Crippen molar-refractivity contribution in [1.29, 1.82) is 0 Å². The summed E-state index contributed by atoms with van der Waals surface area (Å²) in [6.07, 6.45) is 2.25. The zero-order valence-corrected chi connectivity index (χ0v) is 20.9. The summed E-state index contributed by atoms with van der Waals surface area (Å²) in [5, 5.41) is 2.96. The van der Waals surface area contributed by atoms with Crippen LogP contribution in [0.25, 0.3) is 0 Å². The van der Waals surface area contributed by atoms with Gasteiger partial charge in [0.1, 0.15) is 12.6 Å². The lowest BCUT2D eigenvalue weighted by atomic mass is 10.1. The molecule has 0 aromatic heterocycles. The molecule has 1 N–H and O–H groups in total. The fourth-order valence-electron chi connectivity index (χ4n) is 3.58. The number of carbonyl (C=O) groups is 2. The molecule has 0 unspecified atom stereocenters. The van der Waals surface area contributed by atoms with Crippen LogP contribution in [-0.2, 0) is 26.2 Å². The molecule has 0 aliphatic rings. The smallest absolute Gasteiger partial charge is 0.244 e. The van der Waals surface area contributed by atoms with Gasteiger partial charge in [-0.3, -0.25) is 13.9 Å². The van der Waals surface area contributed by atoms with Gasteiger partial charge in [0.15, 0.2) is 0 Å². The molecule has 0 fully saturated rings. The van der Waals surface area contributed by atoms with Crippen molar-refractivity contribution >= 4 is 27.5 Å². The van der Waals surface area contributed by atoms with E-state index < -0.39 is 22.0 Å². The molecule has 180 valence electrons. The summed E-state index contributed by atoms with van der Waals surface area (Å²) in [6.45, 7) is 7.52. The maximum atomic E-state index is 13.6. The Bertz CT molecular complexity index is 1040. The molecular formula is C25H35N3O4S. The van der Waals surface area contributed by atoms with Crippen LogP contribution in [-0.4, -0.2) is 50.0 Å². The van der Waals surface area contributed by atoms with Crippen molar-refractivity contribution < 1.29 is 18.0 Å². The maximum Gasteiger partial charge on any atom is 0.244 e. The Morgan fingerprint density at radius 2 is 1.67 bits per heavy atom. The Morgan fingerprint density at radius 3 is 2.21 bits per heavy atom. The van der Waals surface area contributed by atoms with E-state index in [0.29, 0.717) is 12.1 Å². The second-order valence-electron chi connectivity index (χ2n) is 8.36. The first-order valence-electron chi connectivity index (χ1n) is 11.2. The van der Waals surface area contributed by atoms with Gasteiger partial charge in [-0.2, -0.15) is 0 Å². The number of hydrogen-bond donors (Lipinski definition) is 1. The lowest BCUT2D eigenvalue weighted by Crippen LogP contribution is -2.53. The summed E-state index contributed by atoms with van der Waals surface area (Å²) in [6, 6.07) is 15.5. The maximum absolute atomic E-state index is 13.6. The zero-order chi connectivity index (χ0) is 24.6. The largest absolute Gasteiger partial charge is 0.352 e. The number of amides is 2. The summed E-state index contributed by atoms with van der Waals surface area (Å²) in [4.78, 5) is 28.1. The number of sulfonamides is 1. The van der Waals surface area contributed by atoms with Crippen LogP contribution in [0, 0.1) is 6.92 Å². The number of benzene rings is 2. The van der Waals surface area contributed by atoms with Crippen LogP contribution < -0.4 is 9.62 Å². The van der Waals surface area contributed by atoms with Crippen LogP contribution in [0.1, 0.15) is 44.7 Å². The molecule has 0 heterocycles. The molecule has 2 aromatic rings. The minimum atomic E-state index is -3.72. The standard InChI is InChI=1S/C25H35N3O4S/c1-6-20(4)26-25(30)23(7-2)27(17-21-13-11-12-19(3)16-21)24(29)18-28(33(5,31)32)22-14-9-8-10-15-22/h8-16,20,23H,6-7,17-18H2,1-5H3,(H,26,30)/t20-,23+/m1/s1. The van der Waals surface area contributed by atoms with Crippen LogP contribution in [0.3, 0.4) is 0 Å². The Labute approximate surface area is 197 Å². The van der Waals surface area contributed by atoms with Crippen molar-refractivity contribution in [3.63, 3.8) is 0 Å². The van der Waals surface area contributed by atoms with E-state index in [0.717, 1.165) is 28.1 Å². The van der Waals surface area contributed by atoms with Crippen molar-refractivity contribution in [3.8, 4) is 0 Å². The van der Waals surface area contributed by atoms with Crippen molar-refractivity contribution in [2.75, 3.05) is 17.1 Å². The highest BCUT2D eigenvalue weighted by molar-refractivity contribution is 7.92. The first-order chi connectivity index (χ1) is 15.6. The van der Waals surface area contributed by atoms with Crippen LogP contribution in [0.15, 0.2) is 54.6 Å². The van der Waals surface area contributed by atoms with Gasteiger partial charge in [0.25, 0.3) is 0 Å². The quantitative estimate of drug-likeness (QED) is 0.541. The molecule has 33 heavy (non-hydrogen) atoms. The Balaban J connectivity index is 2.41. The number of hydrogen-bond acceptors (Lipinski definition) is 4. The topological polar surface area (TPSA) is 86.8 Å². The highest BCUT2D eigenvalue weighted by atomic mass is 32.2. The second kappa shape index (κ2) is 11.8. The molecule has 0 saturated heterocycles. The van der Waals surface area contributed by atoms with E-state index in [4.69, 9.17) is 0 Å². The summed E-state index contributed by atoms with van der Waals surface area (Å²) in [5.74, 6) is -0.671. The molecule has 7 nitrogen and oxygen atoms in total. The van der Waals surface area contributed by atoms with Crippen LogP contribution in [0.5, 0.6) is 0 Å². The van der Waals surface area contributed by atoms with Crippen molar-refractivity contribution in [2.45, 2.75) is 59.2 Å². The van der Waals surface area contributed by atoms with Gasteiger partial charge < -0.3 is 10.2 Å². The summed E-state index contributed by atoms with van der Waals surface area (Å²) in [5.41, 5.74) is 2.32. The summed E-state index contributed by atoms with van der Waals surface area (Å²) >= 11 is 0. The number of nitrogens with one attached hydrogen (secondary N) is 1. The fourth-order valence-corrected chi connectivity index (χ4v) is 4.43. The molecule has 0 saturated carbocycles.